The van der Waals surface area contributed by atoms with Crippen LogP contribution in [0.15, 0.2) is 23.4 Å². The van der Waals surface area contributed by atoms with E-state index in [2.05, 4.69) is 10.2 Å². The molecule has 2 rings (SSSR count). The van der Waals surface area contributed by atoms with Gasteiger partial charge in [0.05, 0.1) is 7.11 Å². The number of benzene rings is 1. The molecule has 0 bridgehead atoms. The van der Waals surface area contributed by atoms with E-state index in [9.17, 15) is 8.42 Å². The van der Waals surface area contributed by atoms with Gasteiger partial charge in [-0.2, -0.15) is 0 Å². The summed E-state index contributed by atoms with van der Waals surface area (Å²) in [4.78, 5) is 0. The van der Waals surface area contributed by atoms with Crippen LogP contribution in [0.1, 0.15) is 25.5 Å². The predicted octanol–water partition coefficient (Wildman–Crippen LogP) is 1.49. The van der Waals surface area contributed by atoms with Crippen molar-refractivity contribution in [2.45, 2.75) is 32.0 Å². The van der Waals surface area contributed by atoms with E-state index in [0.29, 0.717) is 17.1 Å². The molecular weight excluding hydrogens is 292 g/mol. The minimum Gasteiger partial charge on any atom is -0.496 e. The largest absolute Gasteiger partial charge is 0.496 e. The summed E-state index contributed by atoms with van der Waals surface area (Å²) in [7, 11) is -2.35. The van der Waals surface area contributed by atoms with E-state index in [-0.39, 0.29) is 11.2 Å². The second-order valence-corrected chi connectivity index (χ2v) is 6.45. The van der Waals surface area contributed by atoms with E-state index in [1.54, 1.807) is 13.2 Å². The molecule has 114 valence electrons. The van der Waals surface area contributed by atoms with Gasteiger partial charge in [-0.25, -0.2) is 13.6 Å². The summed E-state index contributed by atoms with van der Waals surface area (Å²) in [5.74, 6) is 1.13. The fourth-order valence-electron chi connectivity index (χ4n) is 2.09. The molecule has 0 saturated carbocycles. The molecule has 1 heterocycles. The molecule has 2 aromatic rings. The Bertz CT molecular complexity index is 766. The number of aromatic nitrogens is 3. The van der Waals surface area contributed by atoms with Gasteiger partial charge in [0, 0.05) is 11.6 Å². The normalized spacial score (nSPS) is 11.9. The van der Waals surface area contributed by atoms with Gasteiger partial charge in [-0.1, -0.05) is 12.1 Å². The number of rotatable bonds is 4. The van der Waals surface area contributed by atoms with Crippen molar-refractivity contribution < 1.29 is 13.2 Å². The Kier molecular flexibility index (Phi) is 4.02. The average Bonchev–Trinajstić information content (AvgIpc) is 2.84. The Hall–Kier alpha value is -1.93. The van der Waals surface area contributed by atoms with Gasteiger partial charge in [0.15, 0.2) is 5.82 Å². The minimum atomic E-state index is -3.93. The Morgan fingerprint density at radius 2 is 1.95 bits per heavy atom. The summed E-state index contributed by atoms with van der Waals surface area (Å²) in [6.45, 7) is 5.60. The van der Waals surface area contributed by atoms with Crippen LogP contribution in [0.4, 0.5) is 0 Å². The van der Waals surface area contributed by atoms with E-state index in [1.807, 2.05) is 32.9 Å². The van der Waals surface area contributed by atoms with Crippen LogP contribution in [0, 0.1) is 6.92 Å². The smallest absolute Gasteiger partial charge is 0.273 e. The number of nitrogens with two attached hydrogens (primary N) is 1. The number of sulfonamides is 1. The minimum absolute atomic E-state index is 0.157. The van der Waals surface area contributed by atoms with Crippen molar-refractivity contribution in [1.82, 2.24) is 14.8 Å². The molecule has 0 amide bonds. The third kappa shape index (κ3) is 2.91. The maximum Gasteiger partial charge on any atom is 0.273 e. The second kappa shape index (κ2) is 5.45. The molecule has 0 saturated heterocycles. The van der Waals surface area contributed by atoms with Crippen molar-refractivity contribution in [3.63, 3.8) is 0 Å². The summed E-state index contributed by atoms with van der Waals surface area (Å²) in [6.07, 6.45) is 0. The van der Waals surface area contributed by atoms with Crippen LogP contribution in [-0.2, 0) is 10.0 Å². The lowest BCUT2D eigenvalue weighted by Gasteiger charge is -2.14. The van der Waals surface area contributed by atoms with Crippen molar-refractivity contribution in [2.75, 3.05) is 7.11 Å². The monoisotopic (exact) mass is 310 g/mol. The van der Waals surface area contributed by atoms with Gasteiger partial charge in [-0.3, -0.25) is 4.57 Å². The summed E-state index contributed by atoms with van der Waals surface area (Å²) in [6, 6.07) is 5.36. The number of aryl methyl sites for hydroxylation is 1. The van der Waals surface area contributed by atoms with Crippen LogP contribution in [0.3, 0.4) is 0 Å². The molecular formula is C13H18N4O3S. The van der Waals surface area contributed by atoms with E-state index in [0.717, 1.165) is 5.56 Å². The summed E-state index contributed by atoms with van der Waals surface area (Å²) < 4.78 is 30.0. The van der Waals surface area contributed by atoms with Gasteiger partial charge in [0.25, 0.3) is 15.2 Å². The number of primary sulfonamides is 1. The lowest BCUT2D eigenvalue weighted by molar-refractivity contribution is 0.412. The van der Waals surface area contributed by atoms with Gasteiger partial charge < -0.3 is 4.74 Å². The average molecular weight is 310 g/mol. The first-order valence-electron chi connectivity index (χ1n) is 6.38. The molecule has 0 aliphatic heterocycles. The molecule has 21 heavy (non-hydrogen) atoms. The number of ether oxygens (including phenoxy) is 1. The summed E-state index contributed by atoms with van der Waals surface area (Å²) >= 11 is 0. The highest BCUT2D eigenvalue weighted by molar-refractivity contribution is 7.89. The lowest BCUT2D eigenvalue weighted by atomic mass is 10.1. The van der Waals surface area contributed by atoms with Gasteiger partial charge in [-0.15, -0.1) is 10.2 Å². The zero-order chi connectivity index (χ0) is 15.8. The first-order valence-corrected chi connectivity index (χ1v) is 7.93. The SMILES string of the molecule is COc1cc(-c2nnc(S(N)(=O)=O)n2C(C)C)ccc1C. The topological polar surface area (TPSA) is 100 Å². The number of methoxy groups -OCH3 is 1. The van der Waals surface area contributed by atoms with Crippen molar-refractivity contribution in [2.24, 2.45) is 5.14 Å². The molecule has 1 aromatic heterocycles. The van der Waals surface area contributed by atoms with Crippen LogP contribution in [0.5, 0.6) is 5.75 Å². The third-order valence-corrected chi connectivity index (χ3v) is 3.89. The zero-order valence-electron chi connectivity index (χ0n) is 12.4. The van der Waals surface area contributed by atoms with Crippen LogP contribution >= 0.6 is 0 Å². The Morgan fingerprint density at radius 1 is 1.29 bits per heavy atom. The van der Waals surface area contributed by atoms with Gasteiger partial charge >= 0.3 is 0 Å². The number of hydrogen-bond donors (Lipinski definition) is 1. The molecule has 8 heteroatoms. The van der Waals surface area contributed by atoms with E-state index < -0.39 is 10.0 Å². The van der Waals surface area contributed by atoms with Crippen LogP contribution < -0.4 is 9.88 Å². The standard InChI is InChI=1S/C13H18N4O3S/c1-8(2)17-12(15-16-13(17)21(14,18)19)10-6-5-9(3)11(7-10)20-4/h5-8H,1-4H3,(H2,14,18,19). The maximum absolute atomic E-state index is 11.6. The first-order chi connectivity index (χ1) is 9.75. The molecule has 1 aromatic carbocycles. The molecule has 0 radical (unpaired) electrons. The molecule has 0 atom stereocenters. The predicted molar refractivity (Wildman–Crippen MR) is 78.5 cm³/mol. The second-order valence-electron chi connectivity index (χ2n) is 5.00. The molecule has 0 aliphatic rings. The number of nitrogens with zero attached hydrogens (tertiary/aromatic N) is 3. The van der Waals surface area contributed by atoms with Crippen molar-refractivity contribution in [1.29, 1.82) is 0 Å². The third-order valence-electron chi connectivity index (χ3n) is 3.10. The molecule has 0 spiro atoms. The maximum atomic E-state index is 11.6. The van der Waals surface area contributed by atoms with E-state index in [1.165, 1.54) is 4.57 Å². The van der Waals surface area contributed by atoms with E-state index in [4.69, 9.17) is 9.88 Å². The molecule has 0 fully saturated rings. The van der Waals surface area contributed by atoms with Gasteiger partial charge in [0.2, 0.25) is 0 Å². The van der Waals surface area contributed by atoms with Crippen LogP contribution in [-0.4, -0.2) is 30.3 Å². The zero-order valence-corrected chi connectivity index (χ0v) is 13.2. The summed E-state index contributed by atoms with van der Waals surface area (Å²) in [5, 5.41) is 12.6. The van der Waals surface area contributed by atoms with Crippen LogP contribution in [0.2, 0.25) is 0 Å². The van der Waals surface area contributed by atoms with Crippen LogP contribution in [0.25, 0.3) is 11.4 Å². The van der Waals surface area contributed by atoms with Gasteiger partial charge in [0.1, 0.15) is 5.75 Å². The molecule has 2 N–H and O–H groups in total. The van der Waals surface area contributed by atoms with E-state index >= 15 is 0 Å². The molecule has 0 aliphatic carbocycles. The lowest BCUT2D eigenvalue weighted by Crippen LogP contribution is -2.20. The molecule has 0 unspecified atom stereocenters. The van der Waals surface area contributed by atoms with Crippen molar-refractivity contribution >= 4 is 10.0 Å². The number of hydrogen-bond acceptors (Lipinski definition) is 5. The van der Waals surface area contributed by atoms with Gasteiger partial charge in [-0.05, 0) is 32.4 Å². The highest BCUT2D eigenvalue weighted by atomic mass is 32.2. The Labute approximate surface area is 123 Å². The Balaban J connectivity index is 2.68. The quantitative estimate of drug-likeness (QED) is 0.922. The summed E-state index contributed by atoms with van der Waals surface area (Å²) in [5.41, 5.74) is 1.69. The highest BCUT2D eigenvalue weighted by Gasteiger charge is 2.24. The highest BCUT2D eigenvalue weighted by Crippen LogP contribution is 2.28. The fraction of sp³-hybridized carbons (Fsp3) is 0.385. The molecule has 7 nitrogen and oxygen atoms in total. The fourth-order valence-corrected chi connectivity index (χ4v) is 2.82. The van der Waals surface area contributed by atoms with Crippen molar-refractivity contribution in [3.05, 3.63) is 23.8 Å². The Morgan fingerprint density at radius 3 is 2.48 bits per heavy atom. The first kappa shape index (κ1) is 15.5. The van der Waals surface area contributed by atoms with Crippen molar-refractivity contribution in [3.8, 4) is 17.1 Å².